The molecule has 1 aromatic rings. The molecule has 1 N–H and O–H groups in total. The quantitative estimate of drug-likeness (QED) is 0.823. The number of aromatic nitrogens is 1. The molecular formula is C13H22N2S. The summed E-state index contributed by atoms with van der Waals surface area (Å²) < 4.78 is 0. The van der Waals surface area contributed by atoms with Gasteiger partial charge in [0.1, 0.15) is 0 Å². The van der Waals surface area contributed by atoms with Crippen LogP contribution in [-0.4, -0.2) is 11.0 Å². The van der Waals surface area contributed by atoms with Gasteiger partial charge in [-0.15, -0.1) is 11.3 Å². The first-order valence-corrected chi connectivity index (χ1v) is 7.21. The van der Waals surface area contributed by atoms with Gasteiger partial charge in [-0.05, 0) is 25.2 Å². The third kappa shape index (κ3) is 3.29. The average Bonchev–Trinajstić information content (AvgIpc) is 2.95. The van der Waals surface area contributed by atoms with E-state index in [0.29, 0.717) is 6.04 Å². The lowest BCUT2D eigenvalue weighted by Gasteiger charge is -2.06. The predicted molar refractivity (Wildman–Crippen MR) is 69.9 cm³/mol. The van der Waals surface area contributed by atoms with Crippen LogP contribution in [0.5, 0.6) is 0 Å². The lowest BCUT2D eigenvalue weighted by molar-refractivity contribution is 0.590. The first-order chi connectivity index (χ1) is 7.69. The summed E-state index contributed by atoms with van der Waals surface area (Å²) in [6.45, 7) is 7.58. The first-order valence-electron chi connectivity index (χ1n) is 6.39. The lowest BCUT2D eigenvalue weighted by Crippen LogP contribution is -2.21. The maximum Gasteiger partial charge on any atom is 0.0934 e. The topological polar surface area (TPSA) is 24.9 Å². The predicted octanol–water partition coefficient (Wildman–Crippen LogP) is 3.16. The SMILES string of the molecule is CCc1nc(CC2CC2)sc1CNC(C)C. The maximum absolute atomic E-state index is 4.77. The summed E-state index contributed by atoms with van der Waals surface area (Å²) >= 11 is 1.92. The van der Waals surface area contributed by atoms with Gasteiger partial charge < -0.3 is 5.32 Å². The Morgan fingerprint density at radius 1 is 1.44 bits per heavy atom. The second-order valence-electron chi connectivity index (χ2n) is 5.01. The van der Waals surface area contributed by atoms with Crippen LogP contribution in [0.4, 0.5) is 0 Å². The minimum atomic E-state index is 0.554. The molecule has 0 saturated heterocycles. The number of thiazole rings is 1. The van der Waals surface area contributed by atoms with Crippen LogP contribution in [0.15, 0.2) is 0 Å². The molecule has 2 nitrogen and oxygen atoms in total. The molecule has 1 fully saturated rings. The van der Waals surface area contributed by atoms with E-state index in [2.05, 4.69) is 26.1 Å². The van der Waals surface area contributed by atoms with Crippen molar-refractivity contribution in [3.05, 3.63) is 15.6 Å². The van der Waals surface area contributed by atoms with E-state index < -0.39 is 0 Å². The highest BCUT2D eigenvalue weighted by Gasteiger charge is 2.23. The van der Waals surface area contributed by atoms with Gasteiger partial charge in [0.05, 0.1) is 10.7 Å². The zero-order chi connectivity index (χ0) is 11.5. The molecule has 2 rings (SSSR count). The van der Waals surface area contributed by atoms with Gasteiger partial charge in [0, 0.05) is 23.9 Å². The van der Waals surface area contributed by atoms with Gasteiger partial charge in [-0.1, -0.05) is 20.8 Å². The standard InChI is InChI=1S/C13H22N2S/c1-4-11-12(8-14-9(2)3)16-13(15-11)7-10-5-6-10/h9-10,14H,4-8H2,1-3H3. The van der Waals surface area contributed by atoms with Crippen molar-refractivity contribution in [3.8, 4) is 0 Å². The van der Waals surface area contributed by atoms with E-state index in [1.54, 1.807) is 0 Å². The Kier molecular flexibility index (Phi) is 3.98. The highest BCUT2D eigenvalue weighted by Crippen LogP contribution is 2.34. The third-order valence-corrected chi connectivity index (χ3v) is 4.11. The summed E-state index contributed by atoms with van der Waals surface area (Å²) in [7, 11) is 0. The number of hydrogen-bond acceptors (Lipinski definition) is 3. The van der Waals surface area contributed by atoms with Crippen LogP contribution < -0.4 is 5.32 Å². The molecule has 1 aromatic heterocycles. The van der Waals surface area contributed by atoms with Crippen molar-refractivity contribution in [2.24, 2.45) is 5.92 Å². The van der Waals surface area contributed by atoms with Crippen molar-refractivity contribution in [1.29, 1.82) is 0 Å². The molecule has 1 heterocycles. The Balaban J connectivity index is 1.99. The molecule has 1 aliphatic rings. The number of hydrogen-bond donors (Lipinski definition) is 1. The molecular weight excluding hydrogens is 216 g/mol. The van der Waals surface area contributed by atoms with Gasteiger partial charge in [0.15, 0.2) is 0 Å². The van der Waals surface area contributed by atoms with Crippen molar-refractivity contribution in [2.45, 2.75) is 59.0 Å². The van der Waals surface area contributed by atoms with Crippen LogP contribution in [0.3, 0.4) is 0 Å². The van der Waals surface area contributed by atoms with Gasteiger partial charge in [-0.2, -0.15) is 0 Å². The van der Waals surface area contributed by atoms with Gasteiger partial charge in [-0.3, -0.25) is 0 Å². The number of aryl methyl sites for hydroxylation is 1. The largest absolute Gasteiger partial charge is 0.310 e. The van der Waals surface area contributed by atoms with Crippen LogP contribution in [0.2, 0.25) is 0 Å². The molecule has 0 radical (unpaired) electrons. The Morgan fingerprint density at radius 2 is 2.19 bits per heavy atom. The second-order valence-corrected chi connectivity index (χ2v) is 6.18. The summed E-state index contributed by atoms with van der Waals surface area (Å²) in [5.41, 5.74) is 1.31. The normalized spacial score (nSPS) is 16.0. The monoisotopic (exact) mass is 238 g/mol. The van der Waals surface area contributed by atoms with E-state index in [1.165, 1.54) is 34.8 Å². The minimum absolute atomic E-state index is 0.554. The molecule has 0 aliphatic heterocycles. The van der Waals surface area contributed by atoms with Crippen LogP contribution >= 0.6 is 11.3 Å². The summed E-state index contributed by atoms with van der Waals surface area (Å²) in [6, 6.07) is 0.554. The Labute approximate surface area is 102 Å². The molecule has 1 saturated carbocycles. The van der Waals surface area contributed by atoms with Crippen LogP contribution in [0.1, 0.15) is 49.2 Å². The van der Waals surface area contributed by atoms with Crippen LogP contribution in [0, 0.1) is 5.92 Å². The molecule has 0 aromatic carbocycles. The molecule has 0 bridgehead atoms. The zero-order valence-electron chi connectivity index (χ0n) is 10.5. The minimum Gasteiger partial charge on any atom is -0.310 e. The smallest absolute Gasteiger partial charge is 0.0934 e. The van der Waals surface area contributed by atoms with Crippen molar-refractivity contribution in [2.75, 3.05) is 0 Å². The highest BCUT2D eigenvalue weighted by molar-refractivity contribution is 7.11. The Morgan fingerprint density at radius 3 is 2.75 bits per heavy atom. The second kappa shape index (κ2) is 5.28. The summed E-state index contributed by atoms with van der Waals surface area (Å²) in [5.74, 6) is 0.946. The van der Waals surface area contributed by atoms with Gasteiger partial charge in [-0.25, -0.2) is 4.98 Å². The third-order valence-electron chi connectivity index (χ3n) is 2.99. The maximum atomic E-state index is 4.77. The van der Waals surface area contributed by atoms with E-state index >= 15 is 0 Å². The fourth-order valence-corrected chi connectivity index (χ4v) is 3.03. The van der Waals surface area contributed by atoms with E-state index in [0.717, 1.165) is 18.9 Å². The molecule has 0 amide bonds. The number of rotatable bonds is 6. The fourth-order valence-electron chi connectivity index (χ4n) is 1.80. The summed E-state index contributed by atoms with van der Waals surface area (Å²) in [4.78, 5) is 6.22. The van der Waals surface area contributed by atoms with Gasteiger partial charge >= 0.3 is 0 Å². The van der Waals surface area contributed by atoms with Gasteiger partial charge in [0.25, 0.3) is 0 Å². The van der Waals surface area contributed by atoms with Crippen molar-refractivity contribution in [3.63, 3.8) is 0 Å². The van der Waals surface area contributed by atoms with Crippen molar-refractivity contribution < 1.29 is 0 Å². The summed E-state index contributed by atoms with van der Waals surface area (Å²) in [5, 5.41) is 4.85. The Hall–Kier alpha value is -0.410. The zero-order valence-corrected chi connectivity index (χ0v) is 11.4. The molecule has 0 spiro atoms. The fraction of sp³-hybridized carbons (Fsp3) is 0.769. The summed E-state index contributed by atoms with van der Waals surface area (Å²) in [6.07, 6.45) is 5.12. The molecule has 0 unspecified atom stereocenters. The number of nitrogens with zero attached hydrogens (tertiary/aromatic N) is 1. The molecule has 90 valence electrons. The molecule has 3 heteroatoms. The van der Waals surface area contributed by atoms with E-state index in [9.17, 15) is 0 Å². The Bertz CT molecular complexity index is 340. The first kappa shape index (κ1) is 12.1. The van der Waals surface area contributed by atoms with E-state index in [1.807, 2.05) is 11.3 Å². The van der Waals surface area contributed by atoms with Crippen molar-refractivity contribution in [1.82, 2.24) is 10.3 Å². The molecule has 1 aliphatic carbocycles. The number of nitrogens with one attached hydrogen (secondary N) is 1. The highest BCUT2D eigenvalue weighted by atomic mass is 32.1. The molecule has 0 atom stereocenters. The van der Waals surface area contributed by atoms with Crippen LogP contribution in [0.25, 0.3) is 0 Å². The lowest BCUT2D eigenvalue weighted by atomic mass is 10.2. The van der Waals surface area contributed by atoms with Crippen molar-refractivity contribution >= 4 is 11.3 Å². The average molecular weight is 238 g/mol. The van der Waals surface area contributed by atoms with E-state index in [4.69, 9.17) is 4.98 Å². The van der Waals surface area contributed by atoms with E-state index in [-0.39, 0.29) is 0 Å². The molecule has 16 heavy (non-hydrogen) atoms. The van der Waals surface area contributed by atoms with Gasteiger partial charge in [0.2, 0.25) is 0 Å². The van der Waals surface area contributed by atoms with Crippen LogP contribution in [-0.2, 0) is 19.4 Å².